The normalized spacial score (nSPS) is 21.4. The number of fused-ring (bicyclic) bond motifs is 1. The van der Waals surface area contributed by atoms with Crippen LogP contribution in [0.4, 0.5) is 0 Å². The minimum absolute atomic E-state index is 0.0172. The lowest BCUT2D eigenvalue weighted by Gasteiger charge is -2.22. The van der Waals surface area contributed by atoms with Gasteiger partial charge < -0.3 is 14.6 Å². The second kappa shape index (κ2) is 8.47. The molecule has 0 bridgehead atoms. The van der Waals surface area contributed by atoms with Crippen molar-refractivity contribution in [1.29, 1.82) is 0 Å². The SMILES string of the molecule is Cc1cc2cn(CC3CCCCC3)cc2cc1C(=O)NCC1CCCCO1. The van der Waals surface area contributed by atoms with Gasteiger partial charge in [0.25, 0.3) is 5.91 Å². The maximum Gasteiger partial charge on any atom is 0.251 e. The average molecular weight is 369 g/mol. The zero-order valence-electron chi connectivity index (χ0n) is 16.5. The Bertz CT molecular complexity index is 783. The van der Waals surface area contributed by atoms with E-state index in [1.54, 1.807) is 0 Å². The first-order valence-electron chi connectivity index (χ1n) is 10.7. The number of carbonyl (C=O) groups is 1. The molecule has 4 nitrogen and oxygen atoms in total. The van der Waals surface area contributed by atoms with Crippen LogP contribution in [0.25, 0.3) is 10.8 Å². The van der Waals surface area contributed by atoms with Crippen LogP contribution in [0.2, 0.25) is 0 Å². The maximum absolute atomic E-state index is 12.7. The summed E-state index contributed by atoms with van der Waals surface area (Å²) in [5, 5.41) is 5.47. The number of rotatable bonds is 5. The van der Waals surface area contributed by atoms with Crippen molar-refractivity contribution < 1.29 is 9.53 Å². The Hall–Kier alpha value is -1.81. The number of aromatic nitrogens is 1. The fourth-order valence-electron chi connectivity index (χ4n) is 4.65. The van der Waals surface area contributed by atoms with E-state index in [1.165, 1.54) is 43.9 Å². The summed E-state index contributed by atoms with van der Waals surface area (Å²) in [6, 6.07) is 4.21. The predicted molar refractivity (Wildman–Crippen MR) is 109 cm³/mol. The number of nitrogens with zero attached hydrogens (tertiary/aromatic N) is 1. The Morgan fingerprint density at radius 1 is 1.07 bits per heavy atom. The quantitative estimate of drug-likeness (QED) is 0.821. The Balaban J connectivity index is 1.44. The molecule has 2 aromatic rings. The number of hydrogen-bond donors (Lipinski definition) is 1. The van der Waals surface area contributed by atoms with Gasteiger partial charge in [-0.15, -0.1) is 0 Å². The van der Waals surface area contributed by atoms with E-state index in [4.69, 9.17) is 4.74 Å². The fourth-order valence-corrected chi connectivity index (χ4v) is 4.65. The minimum atomic E-state index is 0.0172. The van der Waals surface area contributed by atoms with Gasteiger partial charge in [0.15, 0.2) is 0 Å². The van der Waals surface area contributed by atoms with Gasteiger partial charge in [-0.25, -0.2) is 0 Å². The van der Waals surface area contributed by atoms with Crippen molar-refractivity contribution in [2.75, 3.05) is 13.2 Å². The summed E-state index contributed by atoms with van der Waals surface area (Å²) in [4.78, 5) is 12.7. The largest absolute Gasteiger partial charge is 0.376 e. The molecule has 1 unspecified atom stereocenters. The molecule has 1 aromatic heterocycles. The van der Waals surface area contributed by atoms with E-state index in [9.17, 15) is 4.79 Å². The van der Waals surface area contributed by atoms with E-state index >= 15 is 0 Å². The van der Waals surface area contributed by atoms with Crippen molar-refractivity contribution in [2.24, 2.45) is 5.92 Å². The molecule has 27 heavy (non-hydrogen) atoms. The summed E-state index contributed by atoms with van der Waals surface area (Å²) in [7, 11) is 0. The smallest absolute Gasteiger partial charge is 0.251 e. The number of carbonyl (C=O) groups excluding carboxylic acids is 1. The van der Waals surface area contributed by atoms with Gasteiger partial charge in [-0.05, 0) is 68.0 Å². The molecule has 1 amide bonds. The van der Waals surface area contributed by atoms with Gasteiger partial charge in [-0.2, -0.15) is 0 Å². The molecule has 1 aliphatic carbocycles. The van der Waals surface area contributed by atoms with Crippen molar-refractivity contribution in [3.05, 3.63) is 35.7 Å². The standard InChI is InChI=1S/C23H32N2O2/c1-17-11-19-15-25(14-18-7-3-2-4-8-18)16-20(19)12-22(17)23(26)24-13-21-9-5-6-10-27-21/h11-12,15-16,18,21H,2-10,13-14H2,1H3,(H,24,26). The summed E-state index contributed by atoms with van der Waals surface area (Å²) >= 11 is 0. The predicted octanol–water partition coefficient (Wildman–Crippen LogP) is 4.83. The van der Waals surface area contributed by atoms with Gasteiger partial charge in [0.2, 0.25) is 0 Å². The van der Waals surface area contributed by atoms with Crippen LogP contribution in [-0.4, -0.2) is 29.7 Å². The van der Waals surface area contributed by atoms with Crippen LogP contribution in [0.1, 0.15) is 67.3 Å². The van der Waals surface area contributed by atoms with Gasteiger partial charge in [-0.1, -0.05) is 19.3 Å². The number of benzene rings is 1. The average Bonchev–Trinajstić information content (AvgIpc) is 3.08. The second-order valence-electron chi connectivity index (χ2n) is 8.45. The first-order valence-corrected chi connectivity index (χ1v) is 10.7. The highest BCUT2D eigenvalue weighted by atomic mass is 16.5. The highest BCUT2D eigenvalue weighted by Crippen LogP contribution is 2.27. The van der Waals surface area contributed by atoms with E-state index in [0.717, 1.165) is 48.4 Å². The first-order chi connectivity index (χ1) is 13.2. The van der Waals surface area contributed by atoms with E-state index in [2.05, 4.69) is 34.4 Å². The monoisotopic (exact) mass is 368 g/mol. The van der Waals surface area contributed by atoms with Crippen LogP contribution in [-0.2, 0) is 11.3 Å². The Morgan fingerprint density at radius 2 is 1.81 bits per heavy atom. The molecule has 1 saturated heterocycles. The van der Waals surface area contributed by atoms with Crippen LogP contribution < -0.4 is 5.32 Å². The zero-order chi connectivity index (χ0) is 18.6. The number of amides is 1. The Labute approximate surface area is 162 Å². The molecule has 2 fully saturated rings. The number of aryl methyl sites for hydroxylation is 1. The molecule has 146 valence electrons. The van der Waals surface area contributed by atoms with Crippen LogP contribution in [0.5, 0.6) is 0 Å². The Kier molecular flexibility index (Phi) is 5.82. The molecular weight excluding hydrogens is 336 g/mol. The lowest BCUT2D eigenvalue weighted by molar-refractivity contribution is 0.0169. The van der Waals surface area contributed by atoms with Gasteiger partial charge in [0, 0.05) is 43.0 Å². The van der Waals surface area contributed by atoms with Crippen molar-refractivity contribution in [3.63, 3.8) is 0 Å². The van der Waals surface area contributed by atoms with Crippen LogP contribution in [0, 0.1) is 12.8 Å². The molecule has 1 aliphatic heterocycles. The second-order valence-corrected chi connectivity index (χ2v) is 8.45. The first kappa shape index (κ1) is 18.5. The summed E-state index contributed by atoms with van der Waals surface area (Å²) in [6.45, 7) is 4.57. The number of hydrogen-bond acceptors (Lipinski definition) is 2. The van der Waals surface area contributed by atoms with Crippen LogP contribution in [0.15, 0.2) is 24.5 Å². The van der Waals surface area contributed by atoms with E-state index in [1.807, 2.05) is 6.92 Å². The number of ether oxygens (including phenoxy) is 1. The van der Waals surface area contributed by atoms with E-state index in [0.29, 0.717) is 6.54 Å². The third-order valence-corrected chi connectivity index (χ3v) is 6.24. The summed E-state index contributed by atoms with van der Waals surface area (Å²) in [6.07, 6.45) is 14.9. The molecule has 1 aromatic carbocycles. The third kappa shape index (κ3) is 4.55. The molecule has 1 N–H and O–H groups in total. The van der Waals surface area contributed by atoms with Crippen LogP contribution >= 0.6 is 0 Å². The van der Waals surface area contributed by atoms with Gasteiger partial charge in [0.1, 0.15) is 0 Å². The molecule has 1 atom stereocenters. The molecule has 4 heteroatoms. The highest BCUT2D eigenvalue weighted by molar-refractivity contribution is 6.00. The molecule has 4 rings (SSSR count). The van der Waals surface area contributed by atoms with Crippen molar-refractivity contribution in [1.82, 2.24) is 9.88 Å². The van der Waals surface area contributed by atoms with Crippen molar-refractivity contribution in [2.45, 2.75) is 70.9 Å². The van der Waals surface area contributed by atoms with Gasteiger partial charge in [0.05, 0.1) is 6.10 Å². The zero-order valence-corrected chi connectivity index (χ0v) is 16.5. The highest BCUT2D eigenvalue weighted by Gasteiger charge is 2.18. The minimum Gasteiger partial charge on any atom is -0.376 e. The van der Waals surface area contributed by atoms with Crippen molar-refractivity contribution >= 4 is 16.7 Å². The van der Waals surface area contributed by atoms with Crippen LogP contribution in [0.3, 0.4) is 0 Å². The maximum atomic E-state index is 12.7. The lowest BCUT2D eigenvalue weighted by Crippen LogP contribution is -2.35. The van der Waals surface area contributed by atoms with Gasteiger partial charge in [-0.3, -0.25) is 4.79 Å². The lowest BCUT2D eigenvalue weighted by atomic mass is 9.89. The fraction of sp³-hybridized carbons (Fsp3) is 0.609. The molecular formula is C23H32N2O2. The molecule has 2 aliphatic rings. The number of nitrogens with one attached hydrogen (secondary N) is 1. The van der Waals surface area contributed by atoms with E-state index < -0.39 is 0 Å². The molecule has 0 spiro atoms. The van der Waals surface area contributed by atoms with Gasteiger partial charge >= 0.3 is 0 Å². The summed E-state index contributed by atoms with van der Waals surface area (Å²) < 4.78 is 8.05. The Morgan fingerprint density at radius 3 is 2.56 bits per heavy atom. The molecule has 1 saturated carbocycles. The van der Waals surface area contributed by atoms with E-state index in [-0.39, 0.29) is 12.0 Å². The van der Waals surface area contributed by atoms with Crippen molar-refractivity contribution in [3.8, 4) is 0 Å². The molecule has 2 heterocycles. The topological polar surface area (TPSA) is 43.3 Å². The molecule has 0 radical (unpaired) electrons. The summed E-state index contributed by atoms with van der Waals surface area (Å²) in [5.41, 5.74) is 1.83. The third-order valence-electron chi connectivity index (χ3n) is 6.24. The summed E-state index contributed by atoms with van der Waals surface area (Å²) in [5.74, 6) is 0.823.